The van der Waals surface area contributed by atoms with Crippen LogP contribution < -0.4 is 10.5 Å². The molecule has 0 unspecified atom stereocenters. The normalized spacial score (nSPS) is 15.2. The van der Waals surface area contributed by atoms with Gasteiger partial charge in [-0.15, -0.1) is 11.3 Å². The number of carbonyl (C=O) groups is 1. The van der Waals surface area contributed by atoms with Gasteiger partial charge in [0, 0.05) is 37.1 Å². The number of nitrogens with zero attached hydrogens (tertiary/aromatic N) is 4. The Balaban J connectivity index is 1.65. The maximum atomic E-state index is 12.3. The number of hydrogen-bond acceptors (Lipinski definition) is 6. The fourth-order valence-electron chi connectivity index (χ4n) is 2.32. The number of nitrogens with one attached hydrogen (secondary N) is 1. The summed E-state index contributed by atoms with van der Waals surface area (Å²) in [5, 5.41) is 7.10. The lowest BCUT2D eigenvalue weighted by atomic mass is 10.3. The van der Waals surface area contributed by atoms with Gasteiger partial charge in [0.1, 0.15) is 5.69 Å². The van der Waals surface area contributed by atoms with Crippen molar-refractivity contribution < 1.29 is 4.79 Å². The Hall–Kier alpha value is -2.22. The van der Waals surface area contributed by atoms with Crippen LogP contribution in [-0.4, -0.2) is 52.2 Å². The third-order valence-corrected chi connectivity index (χ3v) is 4.89. The summed E-state index contributed by atoms with van der Waals surface area (Å²) in [6, 6.07) is 2.78. The van der Waals surface area contributed by atoms with Gasteiger partial charge >= 0.3 is 0 Å². The molecule has 0 radical (unpaired) electrons. The summed E-state index contributed by atoms with van der Waals surface area (Å²) in [6.45, 7) is 6.83. The molecule has 1 saturated heterocycles. The molecule has 0 bridgehead atoms. The van der Waals surface area contributed by atoms with E-state index in [4.69, 9.17) is 0 Å². The number of rotatable bonds is 2. The molecule has 22 heavy (non-hydrogen) atoms. The lowest BCUT2D eigenvalue weighted by molar-refractivity contribution is 0.0739. The van der Waals surface area contributed by atoms with E-state index in [1.54, 1.807) is 16.2 Å². The maximum Gasteiger partial charge on any atom is 0.274 e. The minimum absolute atomic E-state index is 0.151. The number of thiazole rings is 1. The van der Waals surface area contributed by atoms with E-state index in [1.165, 1.54) is 17.0 Å². The smallest absolute Gasteiger partial charge is 0.274 e. The van der Waals surface area contributed by atoms with Crippen molar-refractivity contribution in [2.75, 3.05) is 31.1 Å². The van der Waals surface area contributed by atoms with Gasteiger partial charge in [-0.2, -0.15) is 5.10 Å². The van der Waals surface area contributed by atoms with Crippen molar-refractivity contribution in [3.8, 4) is 0 Å². The highest BCUT2D eigenvalue weighted by Gasteiger charge is 2.24. The van der Waals surface area contributed by atoms with Crippen LogP contribution in [0.3, 0.4) is 0 Å². The van der Waals surface area contributed by atoms with Crippen LogP contribution in [0.25, 0.3) is 0 Å². The van der Waals surface area contributed by atoms with Gasteiger partial charge in [-0.25, -0.2) is 10.1 Å². The van der Waals surface area contributed by atoms with E-state index >= 15 is 0 Å². The van der Waals surface area contributed by atoms with Crippen LogP contribution in [-0.2, 0) is 0 Å². The van der Waals surface area contributed by atoms with Gasteiger partial charge in [-0.1, -0.05) is 0 Å². The van der Waals surface area contributed by atoms with E-state index in [1.807, 2.05) is 6.92 Å². The zero-order valence-corrected chi connectivity index (χ0v) is 13.3. The molecule has 0 aliphatic carbocycles. The van der Waals surface area contributed by atoms with E-state index in [-0.39, 0.29) is 17.2 Å². The first-order valence-electron chi connectivity index (χ1n) is 7.08. The lowest BCUT2D eigenvalue weighted by Crippen LogP contribution is -2.49. The summed E-state index contributed by atoms with van der Waals surface area (Å²) < 4.78 is 0. The molecule has 116 valence electrons. The van der Waals surface area contributed by atoms with Crippen molar-refractivity contribution in [2.24, 2.45) is 0 Å². The Morgan fingerprint density at radius 1 is 1.23 bits per heavy atom. The second-order valence-corrected chi connectivity index (χ2v) is 6.41. The largest absolute Gasteiger partial charge is 0.345 e. The summed E-state index contributed by atoms with van der Waals surface area (Å²) in [4.78, 5) is 33.1. The summed E-state index contributed by atoms with van der Waals surface area (Å²) in [5.74, 6) is -0.151. The lowest BCUT2D eigenvalue weighted by Gasteiger charge is -2.34. The SMILES string of the molecule is Cc1nc(N2CCN(C(=O)c3ccc(=O)[nH]n3)CC2)sc1C. The number of H-pyrrole nitrogens is 1. The number of anilines is 1. The van der Waals surface area contributed by atoms with E-state index in [2.05, 4.69) is 27.0 Å². The predicted octanol–water partition coefficient (Wildman–Crippen LogP) is 0.806. The average molecular weight is 319 g/mol. The standard InChI is InChI=1S/C14H17N5O2S/c1-9-10(2)22-14(15-9)19-7-5-18(6-8-19)13(21)11-3-4-12(20)17-16-11/h3-4H,5-8H2,1-2H3,(H,17,20). The summed E-state index contributed by atoms with van der Waals surface area (Å²) in [7, 11) is 0. The van der Waals surface area contributed by atoms with Crippen molar-refractivity contribution in [2.45, 2.75) is 13.8 Å². The van der Waals surface area contributed by atoms with Crippen molar-refractivity contribution in [1.29, 1.82) is 0 Å². The maximum absolute atomic E-state index is 12.3. The topological polar surface area (TPSA) is 82.2 Å². The molecule has 1 amide bonds. The van der Waals surface area contributed by atoms with Gasteiger partial charge < -0.3 is 9.80 Å². The molecule has 0 aromatic carbocycles. The van der Waals surface area contributed by atoms with Gasteiger partial charge in [0.2, 0.25) is 0 Å². The fourth-order valence-corrected chi connectivity index (χ4v) is 3.28. The number of aromatic nitrogens is 3. The monoisotopic (exact) mass is 319 g/mol. The van der Waals surface area contributed by atoms with Crippen molar-refractivity contribution in [1.82, 2.24) is 20.1 Å². The minimum Gasteiger partial charge on any atom is -0.345 e. The molecule has 7 nitrogen and oxygen atoms in total. The molecule has 3 heterocycles. The van der Waals surface area contributed by atoms with Crippen LogP contribution in [0.15, 0.2) is 16.9 Å². The highest BCUT2D eigenvalue weighted by molar-refractivity contribution is 7.15. The molecule has 2 aromatic heterocycles. The molecule has 2 aromatic rings. The third-order valence-electron chi connectivity index (χ3n) is 3.75. The van der Waals surface area contributed by atoms with Crippen LogP contribution in [0.1, 0.15) is 21.1 Å². The van der Waals surface area contributed by atoms with Crippen LogP contribution in [0.5, 0.6) is 0 Å². The van der Waals surface area contributed by atoms with Crippen molar-refractivity contribution in [3.05, 3.63) is 38.8 Å². The van der Waals surface area contributed by atoms with Crippen molar-refractivity contribution in [3.63, 3.8) is 0 Å². The Kier molecular flexibility index (Phi) is 3.93. The number of aryl methyl sites for hydroxylation is 2. The average Bonchev–Trinajstić information content (AvgIpc) is 2.87. The molecule has 0 saturated carbocycles. The van der Waals surface area contributed by atoms with E-state index in [9.17, 15) is 9.59 Å². The molecule has 8 heteroatoms. The highest BCUT2D eigenvalue weighted by atomic mass is 32.1. The molecule has 0 atom stereocenters. The quantitative estimate of drug-likeness (QED) is 0.885. The molecule has 1 aliphatic rings. The molecular weight excluding hydrogens is 302 g/mol. The number of hydrogen-bond donors (Lipinski definition) is 1. The molecule has 0 spiro atoms. The number of aromatic amines is 1. The Morgan fingerprint density at radius 2 is 1.95 bits per heavy atom. The van der Waals surface area contributed by atoms with Gasteiger partial charge in [-0.3, -0.25) is 9.59 Å². The zero-order valence-electron chi connectivity index (χ0n) is 12.5. The Morgan fingerprint density at radius 3 is 2.50 bits per heavy atom. The van der Waals surface area contributed by atoms with Crippen LogP contribution in [0, 0.1) is 13.8 Å². The zero-order chi connectivity index (χ0) is 15.7. The van der Waals surface area contributed by atoms with E-state index in [0.717, 1.165) is 23.9 Å². The molecule has 3 rings (SSSR count). The molecule has 1 N–H and O–H groups in total. The summed E-state index contributed by atoms with van der Waals surface area (Å²) >= 11 is 1.69. The van der Waals surface area contributed by atoms with Crippen LogP contribution in [0.2, 0.25) is 0 Å². The highest BCUT2D eigenvalue weighted by Crippen LogP contribution is 2.26. The predicted molar refractivity (Wildman–Crippen MR) is 84.6 cm³/mol. The second-order valence-electron chi connectivity index (χ2n) is 5.22. The van der Waals surface area contributed by atoms with Crippen LogP contribution >= 0.6 is 11.3 Å². The first-order valence-corrected chi connectivity index (χ1v) is 7.90. The summed E-state index contributed by atoms with van der Waals surface area (Å²) in [5.41, 5.74) is 1.03. The summed E-state index contributed by atoms with van der Waals surface area (Å²) in [6.07, 6.45) is 0. The van der Waals surface area contributed by atoms with Gasteiger partial charge in [0.15, 0.2) is 5.13 Å². The van der Waals surface area contributed by atoms with E-state index in [0.29, 0.717) is 13.1 Å². The van der Waals surface area contributed by atoms with Gasteiger partial charge in [0.05, 0.1) is 5.69 Å². The van der Waals surface area contributed by atoms with Gasteiger partial charge in [-0.05, 0) is 19.9 Å². The Labute approximate surface area is 131 Å². The molecule has 1 aliphatic heterocycles. The fraction of sp³-hybridized carbons (Fsp3) is 0.429. The van der Waals surface area contributed by atoms with Crippen molar-refractivity contribution >= 4 is 22.4 Å². The number of amides is 1. The third kappa shape index (κ3) is 2.87. The molecular formula is C14H17N5O2S. The Bertz CT molecular complexity index is 706. The van der Waals surface area contributed by atoms with Crippen LogP contribution in [0.4, 0.5) is 5.13 Å². The molecule has 1 fully saturated rings. The minimum atomic E-state index is -0.309. The van der Waals surface area contributed by atoms with E-state index < -0.39 is 0 Å². The number of piperazine rings is 1. The first-order chi connectivity index (χ1) is 10.5. The first kappa shape index (κ1) is 14.7. The number of carbonyl (C=O) groups excluding carboxylic acids is 1. The van der Waals surface area contributed by atoms with Gasteiger partial charge in [0.25, 0.3) is 11.5 Å². The second kappa shape index (κ2) is 5.88.